The van der Waals surface area contributed by atoms with E-state index in [1.54, 1.807) is 24.4 Å². The number of aryl methyl sites for hydroxylation is 1. The van der Waals surface area contributed by atoms with Crippen molar-refractivity contribution in [3.8, 4) is 22.4 Å². The first-order chi connectivity index (χ1) is 15.7. The Labute approximate surface area is 196 Å². The molecule has 0 spiro atoms. The second kappa shape index (κ2) is 8.73. The highest BCUT2D eigenvalue weighted by Gasteiger charge is 2.19. The molecule has 0 saturated carbocycles. The lowest BCUT2D eigenvalue weighted by Gasteiger charge is -2.12. The van der Waals surface area contributed by atoms with Crippen molar-refractivity contribution in [1.82, 2.24) is 9.97 Å². The predicted molar refractivity (Wildman–Crippen MR) is 134 cm³/mol. The molecule has 2 aromatic heterocycles. The highest BCUT2D eigenvalue weighted by atomic mass is 35.5. The quantitative estimate of drug-likeness (QED) is 0.323. The Hall–Kier alpha value is -3.62. The number of hydrogen-bond acceptors (Lipinski definition) is 4. The first-order valence-electron chi connectivity index (χ1n) is 9.95. The van der Waals surface area contributed by atoms with Crippen LogP contribution in [0.4, 0.5) is 11.4 Å². The number of nitrogens with one attached hydrogen (secondary N) is 3. The van der Waals surface area contributed by atoms with Crippen LogP contribution >= 0.6 is 11.6 Å². The molecule has 0 atom stereocenters. The number of H-pyrrole nitrogens is 1. The van der Waals surface area contributed by atoms with Gasteiger partial charge in [0.2, 0.25) is 15.9 Å². The van der Waals surface area contributed by atoms with E-state index in [2.05, 4.69) is 26.6 Å². The SMILES string of the molecule is C=CC(=O)Nc1cc(-c2c(-c3ccc(NS(C)(=O)=O)cc3)[nH]c3nccc(Cl)c23)ccc1C. The molecule has 4 aromatic rings. The summed E-state index contributed by atoms with van der Waals surface area (Å²) in [6.07, 6.45) is 3.94. The lowest BCUT2D eigenvalue weighted by molar-refractivity contribution is -0.111. The topological polar surface area (TPSA) is 104 Å². The van der Waals surface area contributed by atoms with Gasteiger partial charge in [-0.3, -0.25) is 9.52 Å². The molecule has 0 aliphatic rings. The monoisotopic (exact) mass is 480 g/mol. The molecule has 0 aliphatic carbocycles. The smallest absolute Gasteiger partial charge is 0.247 e. The van der Waals surface area contributed by atoms with Gasteiger partial charge in [0, 0.05) is 28.5 Å². The molecular weight excluding hydrogens is 460 g/mol. The third kappa shape index (κ3) is 4.76. The summed E-state index contributed by atoms with van der Waals surface area (Å²) in [5, 5.41) is 4.11. The van der Waals surface area contributed by atoms with Crippen LogP contribution in [0, 0.1) is 6.92 Å². The number of pyridine rings is 1. The number of carbonyl (C=O) groups excluding carboxylic acids is 1. The number of hydrogen-bond donors (Lipinski definition) is 3. The van der Waals surface area contributed by atoms with Crippen LogP contribution in [-0.2, 0) is 14.8 Å². The zero-order valence-electron chi connectivity index (χ0n) is 17.9. The largest absolute Gasteiger partial charge is 0.339 e. The number of sulfonamides is 1. The Morgan fingerprint density at radius 3 is 2.48 bits per heavy atom. The molecule has 7 nitrogen and oxygen atoms in total. The summed E-state index contributed by atoms with van der Waals surface area (Å²) in [4.78, 5) is 19.7. The van der Waals surface area contributed by atoms with E-state index in [9.17, 15) is 13.2 Å². The number of amides is 1. The van der Waals surface area contributed by atoms with Gasteiger partial charge in [-0.15, -0.1) is 0 Å². The molecule has 0 aliphatic heterocycles. The highest BCUT2D eigenvalue weighted by Crippen LogP contribution is 2.42. The van der Waals surface area contributed by atoms with Crippen LogP contribution in [0.25, 0.3) is 33.4 Å². The molecule has 9 heteroatoms. The average molecular weight is 481 g/mol. The Morgan fingerprint density at radius 1 is 1.12 bits per heavy atom. The van der Waals surface area contributed by atoms with Crippen LogP contribution in [0.1, 0.15) is 5.56 Å². The summed E-state index contributed by atoms with van der Waals surface area (Å²) >= 11 is 6.57. The minimum Gasteiger partial charge on any atom is -0.339 e. The number of benzene rings is 2. The van der Waals surface area contributed by atoms with Crippen molar-refractivity contribution in [2.75, 3.05) is 16.3 Å². The molecule has 1 amide bonds. The minimum absolute atomic E-state index is 0.303. The van der Waals surface area contributed by atoms with E-state index in [4.69, 9.17) is 11.6 Å². The number of halogens is 1. The van der Waals surface area contributed by atoms with Crippen molar-refractivity contribution >= 4 is 49.9 Å². The predicted octanol–water partition coefficient (Wildman–Crippen LogP) is 5.35. The molecule has 168 valence electrons. The number of rotatable bonds is 6. The maximum absolute atomic E-state index is 11.9. The summed E-state index contributed by atoms with van der Waals surface area (Å²) in [5.41, 5.74) is 5.86. The summed E-state index contributed by atoms with van der Waals surface area (Å²) in [7, 11) is -3.38. The summed E-state index contributed by atoms with van der Waals surface area (Å²) in [6.45, 7) is 5.41. The van der Waals surface area contributed by atoms with E-state index in [0.29, 0.717) is 22.0 Å². The van der Waals surface area contributed by atoms with E-state index in [1.165, 1.54) is 6.08 Å². The van der Waals surface area contributed by atoms with Gasteiger partial charge in [0.25, 0.3) is 0 Å². The van der Waals surface area contributed by atoms with Crippen molar-refractivity contribution in [1.29, 1.82) is 0 Å². The number of anilines is 2. The van der Waals surface area contributed by atoms with Gasteiger partial charge >= 0.3 is 0 Å². The van der Waals surface area contributed by atoms with Crippen molar-refractivity contribution in [2.45, 2.75) is 6.92 Å². The number of fused-ring (bicyclic) bond motifs is 1. The first kappa shape index (κ1) is 22.6. The molecule has 0 radical (unpaired) electrons. The van der Waals surface area contributed by atoms with Gasteiger partial charge in [-0.1, -0.05) is 42.4 Å². The van der Waals surface area contributed by atoms with Gasteiger partial charge in [0.05, 0.1) is 17.0 Å². The van der Waals surface area contributed by atoms with Gasteiger partial charge in [-0.2, -0.15) is 0 Å². The molecular formula is C24H21ClN4O3S. The van der Waals surface area contributed by atoms with E-state index in [-0.39, 0.29) is 5.91 Å². The Bertz CT molecular complexity index is 1490. The zero-order chi connectivity index (χ0) is 23.8. The van der Waals surface area contributed by atoms with E-state index in [1.807, 2.05) is 37.3 Å². The van der Waals surface area contributed by atoms with Crippen LogP contribution < -0.4 is 10.0 Å². The van der Waals surface area contributed by atoms with Crippen LogP contribution in [0.15, 0.2) is 67.4 Å². The maximum atomic E-state index is 11.9. The fourth-order valence-electron chi connectivity index (χ4n) is 3.60. The van der Waals surface area contributed by atoms with Crippen molar-refractivity contribution in [3.63, 3.8) is 0 Å². The van der Waals surface area contributed by atoms with Crippen molar-refractivity contribution < 1.29 is 13.2 Å². The van der Waals surface area contributed by atoms with Gasteiger partial charge in [-0.25, -0.2) is 13.4 Å². The van der Waals surface area contributed by atoms with Crippen molar-refractivity contribution in [2.24, 2.45) is 0 Å². The lowest BCUT2D eigenvalue weighted by atomic mass is 9.97. The first-order valence-corrected chi connectivity index (χ1v) is 12.2. The fourth-order valence-corrected chi connectivity index (χ4v) is 4.40. The molecule has 0 fully saturated rings. The molecule has 33 heavy (non-hydrogen) atoms. The fraction of sp³-hybridized carbons (Fsp3) is 0.0833. The van der Waals surface area contributed by atoms with Crippen LogP contribution in [0.3, 0.4) is 0 Å². The van der Waals surface area contributed by atoms with Crippen LogP contribution in [0.5, 0.6) is 0 Å². The van der Waals surface area contributed by atoms with E-state index < -0.39 is 10.0 Å². The molecule has 4 rings (SSSR count). The molecule has 2 heterocycles. The summed E-state index contributed by atoms with van der Waals surface area (Å²) in [6, 6.07) is 14.5. The summed E-state index contributed by atoms with van der Waals surface area (Å²) < 4.78 is 25.5. The average Bonchev–Trinajstić information content (AvgIpc) is 3.15. The number of nitrogens with zero attached hydrogens (tertiary/aromatic N) is 1. The Morgan fingerprint density at radius 2 is 1.82 bits per heavy atom. The second-order valence-corrected chi connectivity index (χ2v) is 9.72. The van der Waals surface area contributed by atoms with E-state index in [0.717, 1.165) is 39.6 Å². The maximum Gasteiger partial charge on any atom is 0.247 e. The van der Waals surface area contributed by atoms with E-state index >= 15 is 0 Å². The molecule has 0 bridgehead atoms. The Kier molecular flexibility index (Phi) is 5.97. The van der Waals surface area contributed by atoms with Gasteiger partial charge in [-0.05, 0) is 54.0 Å². The summed E-state index contributed by atoms with van der Waals surface area (Å²) in [5.74, 6) is -0.303. The van der Waals surface area contributed by atoms with Crippen LogP contribution in [0.2, 0.25) is 5.02 Å². The molecule has 0 saturated heterocycles. The van der Waals surface area contributed by atoms with Gasteiger partial charge in [0.1, 0.15) is 5.65 Å². The van der Waals surface area contributed by atoms with Gasteiger partial charge < -0.3 is 10.3 Å². The second-order valence-electron chi connectivity index (χ2n) is 7.57. The third-order valence-corrected chi connectivity index (χ3v) is 6.01. The zero-order valence-corrected chi connectivity index (χ0v) is 19.5. The standard InChI is InChI=1S/C24H21ClN4O3S/c1-4-20(30)27-19-13-16(6-5-14(19)2)21-22-18(25)11-12-26-24(22)28-23(21)15-7-9-17(10-8-15)29-33(3,31)32/h4-13,29H,1H2,2-3H3,(H,26,28)(H,27,30). The number of aromatic amines is 1. The van der Waals surface area contributed by atoms with Crippen molar-refractivity contribution in [3.05, 3.63) is 78.0 Å². The molecule has 3 N–H and O–H groups in total. The number of aromatic nitrogens is 2. The van der Waals surface area contributed by atoms with Crippen LogP contribution in [-0.4, -0.2) is 30.5 Å². The lowest BCUT2D eigenvalue weighted by Crippen LogP contribution is -2.09. The number of carbonyl (C=O) groups is 1. The van der Waals surface area contributed by atoms with Gasteiger partial charge in [0.15, 0.2) is 0 Å². The molecule has 2 aromatic carbocycles. The third-order valence-electron chi connectivity index (χ3n) is 5.09. The molecule has 0 unspecified atom stereocenters. The highest BCUT2D eigenvalue weighted by molar-refractivity contribution is 7.92. The normalized spacial score (nSPS) is 11.4. The minimum atomic E-state index is -3.38. The Balaban J connectivity index is 1.90.